The average Bonchev–Trinajstić information content (AvgIpc) is 2.90. The van der Waals surface area contributed by atoms with Gasteiger partial charge in [-0.2, -0.15) is 0 Å². The molecule has 2 aliphatic rings. The van der Waals surface area contributed by atoms with Gasteiger partial charge in [-0.25, -0.2) is 0 Å². The van der Waals surface area contributed by atoms with E-state index >= 15 is 0 Å². The fraction of sp³-hybridized carbons (Fsp3) is 0.333. The molecule has 0 aromatic heterocycles. The highest BCUT2D eigenvalue weighted by atomic mass is 35.5. The van der Waals surface area contributed by atoms with Gasteiger partial charge in [0.05, 0.1) is 21.8 Å². The summed E-state index contributed by atoms with van der Waals surface area (Å²) in [6, 6.07) is 5.51. The van der Waals surface area contributed by atoms with Gasteiger partial charge in [-0.3, -0.25) is 14.7 Å². The summed E-state index contributed by atoms with van der Waals surface area (Å²) in [5.74, 6) is 0.132. The van der Waals surface area contributed by atoms with Gasteiger partial charge in [0.25, 0.3) is 0 Å². The molecule has 2 aliphatic heterocycles. The number of carbonyl (C=O) groups excluding carboxylic acids is 1. The van der Waals surface area contributed by atoms with Crippen LogP contribution in [-0.2, 0) is 11.2 Å². The number of fused-ring (bicyclic) bond motifs is 1. The number of rotatable bonds is 2. The van der Waals surface area contributed by atoms with Crippen molar-refractivity contribution in [3.05, 3.63) is 33.8 Å². The van der Waals surface area contributed by atoms with Crippen molar-refractivity contribution in [3.8, 4) is 0 Å². The molecule has 94 valence electrons. The van der Waals surface area contributed by atoms with Crippen LogP contribution in [0.2, 0.25) is 10.0 Å². The first-order valence-electron chi connectivity index (χ1n) is 5.62. The number of hydrogen-bond acceptors (Lipinski definition) is 3. The Morgan fingerprint density at radius 1 is 1.44 bits per heavy atom. The average molecular weight is 301 g/mol. The normalized spacial score (nSPS) is 22.3. The summed E-state index contributed by atoms with van der Waals surface area (Å²) in [5.41, 5.74) is 0.914. The number of nitrogens with zero attached hydrogens (tertiary/aromatic N) is 2. The lowest BCUT2D eigenvalue weighted by molar-refractivity contribution is -0.125. The summed E-state index contributed by atoms with van der Waals surface area (Å²) in [4.78, 5) is 18.2. The van der Waals surface area contributed by atoms with E-state index in [1.54, 1.807) is 11.0 Å². The third kappa shape index (κ3) is 2.02. The van der Waals surface area contributed by atoms with Crippen molar-refractivity contribution in [1.82, 2.24) is 4.90 Å². The Morgan fingerprint density at radius 2 is 2.28 bits per heavy atom. The number of benzene rings is 1. The van der Waals surface area contributed by atoms with Crippen LogP contribution < -0.4 is 0 Å². The predicted molar refractivity (Wildman–Crippen MR) is 75.6 cm³/mol. The van der Waals surface area contributed by atoms with Crippen molar-refractivity contribution in [3.63, 3.8) is 0 Å². The smallest absolute Gasteiger partial charge is 0.242 e. The Bertz CT molecular complexity index is 547. The summed E-state index contributed by atoms with van der Waals surface area (Å²) in [6.45, 7) is 1.43. The lowest BCUT2D eigenvalue weighted by Crippen LogP contribution is -2.31. The molecule has 2 heterocycles. The van der Waals surface area contributed by atoms with Crippen LogP contribution in [-0.4, -0.2) is 34.3 Å². The van der Waals surface area contributed by atoms with Gasteiger partial charge in [0.1, 0.15) is 0 Å². The second kappa shape index (κ2) is 4.76. The highest BCUT2D eigenvalue weighted by Gasteiger charge is 2.39. The molecule has 1 atom stereocenters. The van der Waals surface area contributed by atoms with Gasteiger partial charge in [0.2, 0.25) is 5.91 Å². The van der Waals surface area contributed by atoms with E-state index in [9.17, 15) is 4.79 Å². The standard InChI is InChI=1S/C12H10Cl2N2OS/c13-8-3-1-2-7(10(8)14)6-9-11(17)16-5-4-15-12(16)18-9/h1-3,9H,4-6H2/t9-/m0/s1. The van der Waals surface area contributed by atoms with Crippen molar-refractivity contribution >= 4 is 46.0 Å². The highest BCUT2D eigenvalue weighted by molar-refractivity contribution is 8.15. The van der Waals surface area contributed by atoms with E-state index in [0.717, 1.165) is 17.3 Å². The molecule has 0 unspecified atom stereocenters. The van der Waals surface area contributed by atoms with Gasteiger partial charge in [0, 0.05) is 6.54 Å². The molecular weight excluding hydrogens is 291 g/mol. The van der Waals surface area contributed by atoms with Crippen molar-refractivity contribution < 1.29 is 4.79 Å². The molecule has 0 radical (unpaired) electrons. The summed E-state index contributed by atoms with van der Waals surface area (Å²) in [6.07, 6.45) is 0.596. The zero-order valence-corrected chi connectivity index (χ0v) is 11.7. The maximum atomic E-state index is 12.1. The number of halogens is 2. The van der Waals surface area contributed by atoms with Gasteiger partial charge in [-0.05, 0) is 18.1 Å². The summed E-state index contributed by atoms with van der Waals surface area (Å²) >= 11 is 13.6. The van der Waals surface area contributed by atoms with E-state index < -0.39 is 0 Å². The van der Waals surface area contributed by atoms with E-state index in [1.807, 2.05) is 12.1 Å². The number of hydrogen-bond donors (Lipinski definition) is 0. The van der Waals surface area contributed by atoms with Crippen molar-refractivity contribution in [2.24, 2.45) is 4.99 Å². The van der Waals surface area contributed by atoms with Crippen LogP contribution in [0.15, 0.2) is 23.2 Å². The second-order valence-corrected chi connectivity index (χ2v) is 6.13. The summed E-state index contributed by atoms with van der Waals surface area (Å²) in [5, 5.41) is 1.80. The number of carbonyl (C=O) groups is 1. The van der Waals surface area contributed by atoms with Gasteiger partial charge in [-0.1, -0.05) is 47.1 Å². The van der Waals surface area contributed by atoms with Crippen LogP contribution in [0.3, 0.4) is 0 Å². The summed E-state index contributed by atoms with van der Waals surface area (Å²) < 4.78 is 0. The van der Waals surface area contributed by atoms with Gasteiger partial charge in [-0.15, -0.1) is 0 Å². The lowest BCUT2D eigenvalue weighted by Gasteiger charge is -2.11. The van der Waals surface area contributed by atoms with E-state index in [0.29, 0.717) is 23.0 Å². The maximum Gasteiger partial charge on any atom is 0.242 e. The van der Waals surface area contributed by atoms with E-state index in [4.69, 9.17) is 23.2 Å². The van der Waals surface area contributed by atoms with Gasteiger partial charge in [0.15, 0.2) is 5.17 Å². The molecule has 1 aromatic rings. The Kier molecular flexibility index (Phi) is 3.26. The molecule has 0 saturated carbocycles. The van der Waals surface area contributed by atoms with Gasteiger partial charge < -0.3 is 0 Å². The minimum absolute atomic E-state index is 0.125. The van der Waals surface area contributed by atoms with E-state index in [1.165, 1.54) is 11.8 Å². The zero-order valence-electron chi connectivity index (χ0n) is 9.40. The molecule has 0 bridgehead atoms. The zero-order chi connectivity index (χ0) is 12.7. The Morgan fingerprint density at radius 3 is 3.06 bits per heavy atom. The van der Waals surface area contributed by atoms with E-state index in [-0.39, 0.29) is 11.2 Å². The first kappa shape index (κ1) is 12.3. The molecule has 18 heavy (non-hydrogen) atoms. The first-order valence-corrected chi connectivity index (χ1v) is 7.26. The molecule has 3 rings (SSSR count). The maximum absolute atomic E-state index is 12.1. The Hall–Kier alpha value is -0.710. The first-order chi connectivity index (χ1) is 8.66. The Labute approximate surface area is 119 Å². The lowest BCUT2D eigenvalue weighted by atomic mass is 10.1. The SMILES string of the molecule is O=C1[C@H](Cc2cccc(Cl)c2Cl)SC2=NCCN12. The van der Waals surface area contributed by atoms with Crippen LogP contribution >= 0.6 is 35.0 Å². The highest BCUT2D eigenvalue weighted by Crippen LogP contribution is 2.34. The molecule has 0 N–H and O–H groups in total. The van der Waals surface area contributed by atoms with Crippen LogP contribution in [0.1, 0.15) is 5.56 Å². The number of amidine groups is 1. The van der Waals surface area contributed by atoms with Crippen molar-refractivity contribution in [2.45, 2.75) is 11.7 Å². The minimum atomic E-state index is -0.125. The largest absolute Gasteiger partial charge is 0.289 e. The van der Waals surface area contributed by atoms with Crippen LogP contribution in [0.25, 0.3) is 0 Å². The third-order valence-electron chi connectivity index (χ3n) is 3.03. The number of aliphatic imine (C=N–C) groups is 1. The monoisotopic (exact) mass is 300 g/mol. The predicted octanol–water partition coefficient (Wildman–Crippen LogP) is 2.85. The molecule has 0 aliphatic carbocycles. The summed E-state index contributed by atoms with van der Waals surface area (Å²) in [7, 11) is 0. The molecular formula is C12H10Cl2N2OS. The fourth-order valence-electron chi connectivity index (χ4n) is 2.12. The molecule has 1 amide bonds. The Balaban J connectivity index is 1.82. The van der Waals surface area contributed by atoms with E-state index in [2.05, 4.69) is 4.99 Å². The molecule has 1 aromatic carbocycles. The molecule has 1 fully saturated rings. The number of thioether (sulfide) groups is 1. The van der Waals surface area contributed by atoms with Crippen LogP contribution in [0.5, 0.6) is 0 Å². The van der Waals surface area contributed by atoms with Gasteiger partial charge >= 0.3 is 0 Å². The fourth-order valence-corrected chi connectivity index (χ4v) is 3.74. The number of amides is 1. The molecule has 1 saturated heterocycles. The quantitative estimate of drug-likeness (QED) is 0.841. The third-order valence-corrected chi connectivity index (χ3v) is 5.10. The van der Waals surface area contributed by atoms with Crippen molar-refractivity contribution in [2.75, 3.05) is 13.1 Å². The second-order valence-electron chi connectivity index (χ2n) is 4.18. The molecule has 6 heteroatoms. The van der Waals surface area contributed by atoms with Crippen molar-refractivity contribution in [1.29, 1.82) is 0 Å². The molecule has 3 nitrogen and oxygen atoms in total. The molecule has 0 spiro atoms. The van der Waals surface area contributed by atoms with Crippen LogP contribution in [0, 0.1) is 0 Å². The van der Waals surface area contributed by atoms with Crippen LogP contribution in [0.4, 0.5) is 0 Å². The minimum Gasteiger partial charge on any atom is -0.289 e. The topological polar surface area (TPSA) is 32.7 Å².